The Hall–Kier alpha value is -1.83. The summed E-state index contributed by atoms with van der Waals surface area (Å²) in [4.78, 5) is 12.3. The SMILES string of the molecule is CCn1c(C)nnc1SCCNC(=O)c1cnn2c1CCCC2. The lowest BCUT2D eigenvalue weighted by Crippen LogP contribution is -2.27. The summed E-state index contributed by atoms with van der Waals surface area (Å²) in [7, 11) is 0. The van der Waals surface area contributed by atoms with Crippen LogP contribution in [0.1, 0.15) is 41.6 Å². The topological polar surface area (TPSA) is 77.6 Å². The van der Waals surface area contributed by atoms with Crippen LogP contribution in [-0.4, -0.2) is 42.7 Å². The average molecular weight is 334 g/mol. The number of carbonyl (C=O) groups is 1. The summed E-state index contributed by atoms with van der Waals surface area (Å²) >= 11 is 1.61. The maximum absolute atomic E-state index is 12.3. The van der Waals surface area contributed by atoms with Gasteiger partial charge in [-0.25, -0.2) is 0 Å². The molecule has 1 amide bonds. The molecule has 23 heavy (non-hydrogen) atoms. The zero-order valence-electron chi connectivity index (χ0n) is 13.6. The van der Waals surface area contributed by atoms with Crippen molar-refractivity contribution < 1.29 is 4.79 Å². The molecule has 0 saturated heterocycles. The fourth-order valence-electron chi connectivity index (χ4n) is 2.85. The molecule has 0 atom stereocenters. The Morgan fingerprint density at radius 3 is 3.09 bits per heavy atom. The highest BCUT2D eigenvalue weighted by molar-refractivity contribution is 7.99. The molecule has 2 aromatic heterocycles. The molecule has 7 nitrogen and oxygen atoms in total. The molecule has 8 heteroatoms. The second kappa shape index (κ2) is 7.16. The molecule has 2 aromatic rings. The molecule has 0 fully saturated rings. The average Bonchev–Trinajstić information content (AvgIpc) is 3.14. The van der Waals surface area contributed by atoms with Gasteiger partial charge in [-0.3, -0.25) is 9.48 Å². The number of carbonyl (C=O) groups excluding carboxylic acids is 1. The van der Waals surface area contributed by atoms with E-state index in [0.717, 1.165) is 60.3 Å². The van der Waals surface area contributed by atoms with E-state index in [9.17, 15) is 4.79 Å². The maximum atomic E-state index is 12.3. The Bertz CT molecular complexity index is 692. The Kier molecular flexibility index (Phi) is 5.00. The van der Waals surface area contributed by atoms with E-state index in [2.05, 4.69) is 32.1 Å². The molecule has 1 aliphatic rings. The molecule has 3 heterocycles. The van der Waals surface area contributed by atoms with E-state index < -0.39 is 0 Å². The summed E-state index contributed by atoms with van der Waals surface area (Å²) in [6, 6.07) is 0. The molecule has 0 aliphatic carbocycles. The van der Waals surface area contributed by atoms with Crippen molar-refractivity contribution in [2.24, 2.45) is 0 Å². The largest absolute Gasteiger partial charge is 0.351 e. The fraction of sp³-hybridized carbons (Fsp3) is 0.600. The summed E-state index contributed by atoms with van der Waals surface area (Å²) in [5, 5.41) is 16.4. The van der Waals surface area contributed by atoms with E-state index in [0.29, 0.717) is 6.54 Å². The third-order valence-electron chi connectivity index (χ3n) is 4.06. The van der Waals surface area contributed by atoms with Gasteiger partial charge in [-0.2, -0.15) is 5.10 Å². The van der Waals surface area contributed by atoms with Gasteiger partial charge in [-0.15, -0.1) is 10.2 Å². The quantitative estimate of drug-likeness (QED) is 0.642. The Morgan fingerprint density at radius 1 is 1.39 bits per heavy atom. The number of hydrogen-bond acceptors (Lipinski definition) is 5. The minimum atomic E-state index is -0.0260. The Morgan fingerprint density at radius 2 is 2.26 bits per heavy atom. The van der Waals surface area contributed by atoms with Gasteiger partial charge in [-0.05, 0) is 33.1 Å². The number of aryl methyl sites for hydroxylation is 2. The van der Waals surface area contributed by atoms with Crippen molar-refractivity contribution in [3.8, 4) is 0 Å². The van der Waals surface area contributed by atoms with Crippen molar-refractivity contribution in [1.29, 1.82) is 0 Å². The number of amides is 1. The molecule has 0 unspecified atom stereocenters. The number of thioether (sulfide) groups is 1. The minimum absolute atomic E-state index is 0.0260. The third kappa shape index (κ3) is 3.41. The van der Waals surface area contributed by atoms with Crippen LogP contribution in [0.3, 0.4) is 0 Å². The molecule has 0 aromatic carbocycles. The van der Waals surface area contributed by atoms with Crippen LogP contribution in [0.4, 0.5) is 0 Å². The molecule has 0 saturated carbocycles. The summed E-state index contributed by atoms with van der Waals surface area (Å²) in [5.41, 5.74) is 1.80. The van der Waals surface area contributed by atoms with Crippen molar-refractivity contribution in [2.45, 2.75) is 51.4 Å². The first-order valence-electron chi connectivity index (χ1n) is 8.06. The van der Waals surface area contributed by atoms with Crippen molar-refractivity contribution in [3.63, 3.8) is 0 Å². The predicted molar refractivity (Wildman–Crippen MR) is 88.7 cm³/mol. The predicted octanol–water partition coefficient (Wildman–Crippen LogP) is 1.66. The summed E-state index contributed by atoms with van der Waals surface area (Å²) in [6.07, 6.45) is 4.91. The first-order valence-corrected chi connectivity index (χ1v) is 9.04. The lowest BCUT2D eigenvalue weighted by Gasteiger charge is -2.14. The second-order valence-electron chi connectivity index (χ2n) is 5.56. The second-order valence-corrected chi connectivity index (χ2v) is 6.63. The van der Waals surface area contributed by atoms with Gasteiger partial charge in [-0.1, -0.05) is 11.8 Å². The van der Waals surface area contributed by atoms with Gasteiger partial charge in [0.05, 0.1) is 17.5 Å². The highest BCUT2D eigenvalue weighted by Crippen LogP contribution is 2.18. The van der Waals surface area contributed by atoms with E-state index in [1.54, 1.807) is 18.0 Å². The zero-order valence-corrected chi connectivity index (χ0v) is 14.4. The van der Waals surface area contributed by atoms with Gasteiger partial charge in [0.1, 0.15) is 5.82 Å². The lowest BCUT2D eigenvalue weighted by molar-refractivity contribution is 0.0955. The number of aromatic nitrogens is 5. The number of nitrogens with zero attached hydrogens (tertiary/aromatic N) is 5. The van der Waals surface area contributed by atoms with Crippen LogP contribution in [0, 0.1) is 6.92 Å². The van der Waals surface area contributed by atoms with Crippen molar-refractivity contribution >= 4 is 17.7 Å². The van der Waals surface area contributed by atoms with Gasteiger partial charge >= 0.3 is 0 Å². The highest BCUT2D eigenvalue weighted by Gasteiger charge is 2.19. The van der Waals surface area contributed by atoms with Crippen molar-refractivity contribution in [1.82, 2.24) is 29.9 Å². The molecule has 0 spiro atoms. The van der Waals surface area contributed by atoms with Crippen LogP contribution in [0.5, 0.6) is 0 Å². The number of hydrogen-bond donors (Lipinski definition) is 1. The number of fused-ring (bicyclic) bond motifs is 1. The molecule has 0 bridgehead atoms. The normalized spacial score (nSPS) is 13.8. The summed E-state index contributed by atoms with van der Waals surface area (Å²) in [6.45, 7) is 6.40. The summed E-state index contributed by atoms with van der Waals surface area (Å²) in [5.74, 6) is 1.67. The van der Waals surface area contributed by atoms with E-state index in [-0.39, 0.29) is 5.91 Å². The van der Waals surface area contributed by atoms with Crippen LogP contribution >= 0.6 is 11.8 Å². The number of nitrogens with one attached hydrogen (secondary N) is 1. The molecule has 124 valence electrons. The molecule has 1 aliphatic heterocycles. The standard InChI is InChI=1S/C15H22N6OS/c1-3-20-11(2)18-19-15(20)23-9-7-16-14(22)12-10-17-21-8-5-4-6-13(12)21/h10H,3-9H2,1-2H3,(H,16,22). The van der Waals surface area contributed by atoms with E-state index >= 15 is 0 Å². The monoisotopic (exact) mass is 334 g/mol. The Labute approximate surface area is 139 Å². The molecular formula is C15H22N6OS. The minimum Gasteiger partial charge on any atom is -0.351 e. The molecule has 0 radical (unpaired) electrons. The fourth-order valence-corrected chi connectivity index (χ4v) is 3.75. The van der Waals surface area contributed by atoms with Gasteiger partial charge in [0.25, 0.3) is 5.91 Å². The van der Waals surface area contributed by atoms with E-state index in [1.165, 1.54) is 0 Å². The first-order chi connectivity index (χ1) is 11.2. The molecule has 1 N–H and O–H groups in total. The van der Waals surface area contributed by atoms with Crippen LogP contribution in [0.15, 0.2) is 11.4 Å². The number of rotatable bonds is 6. The van der Waals surface area contributed by atoms with Gasteiger partial charge in [0, 0.05) is 25.4 Å². The van der Waals surface area contributed by atoms with Crippen LogP contribution in [0.2, 0.25) is 0 Å². The van der Waals surface area contributed by atoms with Gasteiger partial charge in [0.2, 0.25) is 0 Å². The summed E-state index contributed by atoms with van der Waals surface area (Å²) < 4.78 is 4.03. The van der Waals surface area contributed by atoms with Crippen LogP contribution in [0.25, 0.3) is 0 Å². The molecule has 3 rings (SSSR count). The highest BCUT2D eigenvalue weighted by atomic mass is 32.2. The van der Waals surface area contributed by atoms with E-state index in [4.69, 9.17) is 0 Å². The lowest BCUT2D eigenvalue weighted by atomic mass is 10.1. The maximum Gasteiger partial charge on any atom is 0.254 e. The molecular weight excluding hydrogens is 312 g/mol. The van der Waals surface area contributed by atoms with Crippen molar-refractivity contribution in [2.75, 3.05) is 12.3 Å². The van der Waals surface area contributed by atoms with E-state index in [1.807, 2.05) is 11.6 Å². The third-order valence-corrected chi connectivity index (χ3v) is 5.03. The Balaban J connectivity index is 1.51. The van der Waals surface area contributed by atoms with Gasteiger partial charge < -0.3 is 9.88 Å². The first kappa shape index (κ1) is 16.0. The van der Waals surface area contributed by atoms with Gasteiger partial charge in [0.15, 0.2) is 5.16 Å². The zero-order chi connectivity index (χ0) is 16.2. The van der Waals surface area contributed by atoms with Crippen LogP contribution in [-0.2, 0) is 19.5 Å². The van der Waals surface area contributed by atoms with Crippen molar-refractivity contribution in [3.05, 3.63) is 23.3 Å². The smallest absolute Gasteiger partial charge is 0.254 e. The van der Waals surface area contributed by atoms with Crippen LogP contribution < -0.4 is 5.32 Å².